The van der Waals surface area contributed by atoms with Crippen molar-refractivity contribution >= 4 is 5.69 Å². The molecule has 2 N–H and O–H groups in total. The third-order valence-corrected chi connectivity index (χ3v) is 3.24. The monoisotopic (exact) mass is 243 g/mol. The van der Waals surface area contributed by atoms with Crippen LogP contribution in [0.25, 0.3) is 11.1 Å². The summed E-state index contributed by atoms with van der Waals surface area (Å²) in [5, 5.41) is 0. The van der Waals surface area contributed by atoms with Crippen LogP contribution in [0.1, 0.15) is 12.0 Å². The molecule has 2 nitrogen and oxygen atoms in total. The molecule has 0 amide bonds. The molecule has 3 heteroatoms. The summed E-state index contributed by atoms with van der Waals surface area (Å²) in [5.41, 5.74) is 8.60. The molecule has 2 aromatic carbocycles. The second-order valence-corrected chi connectivity index (χ2v) is 4.48. The third-order valence-electron chi connectivity index (χ3n) is 3.24. The molecule has 1 aliphatic heterocycles. The van der Waals surface area contributed by atoms with Crippen molar-refractivity contribution in [3.8, 4) is 16.9 Å². The second-order valence-electron chi connectivity index (χ2n) is 4.48. The molecule has 0 aliphatic carbocycles. The molecular formula is C15H14FNO. The van der Waals surface area contributed by atoms with Crippen LogP contribution >= 0.6 is 0 Å². The molecule has 1 heterocycles. The van der Waals surface area contributed by atoms with Gasteiger partial charge in [0.25, 0.3) is 0 Å². The lowest BCUT2D eigenvalue weighted by molar-refractivity contribution is 0.289. The Morgan fingerprint density at radius 1 is 1.17 bits per heavy atom. The van der Waals surface area contributed by atoms with Gasteiger partial charge in [-0.05, 0) is 36.1 Å². The van der Waals surface area contributed by atoms with E-state index in [1.54, 1.807) is 6.07 Å². The first-order chi connectivity index (χ1) is 8.75. The molecule has 0 saturated carbocycles. The average Bonchev–Trinajstić information content (AvgIpc) is 2.41. The number of hydrogen-bond acceptors (Lipinski definition) is 2. The smallest absolute Gasteiger partial charge is 0.146 e. The largest absolute Gasteiger partial charge is 0.493 e. The summed E-state index contributed by atoms with van der Waals surface area (Å²) in [6, 6.07) is 10.9. The fourth-order valence-electron chi connectivity index (χ4n) is 2.31. The van der Waals surface area contributed by atoms with Crippen molar-refractivity contribution < 1.29 is 9.13 Å². The molecule has 0 saturated heterocycles. The van der Waals surface area contributed by atoms with Gasteiger partial charge in [-0.15, -0.1) is 0 Å². The number of fused-ring (bicyclic) bond motifs is 1. The molecule has 0 radical (unpaired) electrons. The van der Waals surface area contributed by atoms with E-state index in [9.17, 15) is 4.39 Å². The maximum absolute atomic E-state index is 13.5. The van der Waals surface area contributed by atoms with Gasteiger partial charge in [-0.1, -0.05) is 24.3 Å². The van der Waals surface area contributed by atoms with Gasteiger partial charge in [-0.2, -0.15) is 0 Å². The first kappa shape index (κ1) is 11.1. The summed E-state index contributed by atoms with van der Waals surface area (Å²) in [6.07, 6.45) is 2.05. The SMILES string of the molecule is Nc1ccc(-c2cccc3c2OCCC3)cc1F. The van der Waals surface area contributed by atoms with E-state index in [0.29, 0.717) is 0 Å². The van der Waals surface area contributed by atoms with E-state index in [2.05, 4.69) is 6.07 Å². The zero-order chi connectivity index (χ0) is 12.5. The Hall–Kier alpha value is -2.03. The minimum atomic E-state index is -0.388. The van der Waals surface area contributed by atoms with Gasteiger partial charge < -0.3 is 10.5 Å². The molecule has 0 spiro atoms. The number of rotatable bonds is 1. The van der Waals surface area contributed by atoms with Crippen molar-refractivity contribution in [1.29, 1.82) is 0 Å². The van der Waals surface area contributed by atoms with Crippen LogP contribution in [-0.2, 0) is 6.42 Å². The summed E-state index contributed by atoms with van der Waals surface area (Å²) in [6.45, 7) is 0.724. The minimum Gasteiger partial charge on any atom is -0.493 e. The lowest BCUT2D eigenvalue weighted by Crippen LogP contribution is -2.09. The van der Waals surface area contributed by atoms with Gasteiger partial charge in [0.1, 0.15) is 11.6 Å². The Kier molecular flexibility index (Phi) is 2.67. The Balaban J connectivity index is 2.13. The van der Waals surface area contributed by atoms with Gasteiger partial charge in [0.15, 0.2) is 0 Å². The molecule has 0 unspecified atom stereocenters. The number of anilines is 1. The van der Waals surface area contributed by atoms with E-state index in [1.165, 1.54) is 11.6 Å². The fourth-order valence-corrected chi connectivity index (χ4v) is 2.31. The summed E-state index contributed by atoms with van der Waals surface area (Å²) >= 11 is 0. The highest BCUT2D eigenvalue weighted by Crippen LogP contribution is 2.36. The number of nitrogen functional groups attached to an aromatic ring is 1. The third kappa shape index (κ3) is 1.82. The number of hydrogen-bond donors (Lipinski definition) is 1. The summed E-state index contributed by atoms with van der Waals surface area (Å²) in [4.78, 5) is 0. The number of nitrogens with two attached hydrogens (primary N) is 1. The zero-order valence-electron chi connectivity index (χ0n) is 9.95. The average molecular weight is 243 g/mol. The van der Waals surface area contributed by atoms with E-state index < -0.39 is 0 Å². The molecule has 92 valence electrons. The highest BCUT2D eigenvalue weighted by molar-refractivity contribution is 5.73. The van der Waals surface area contributed by atoms with Crippen LogP contribution in [0.2, 0.25) is 0 Å². The van der Waals surface area contributed by atoms with Crippen molar-refractivity contribution in [1.82, 2.24) is 0 Å². The molecule has 18 heavy (non-hydrogen) atoms. The van der Waals surface area contributed by atoms with Crippen molar-refractivity contribution in [3.05, 3.63) is 47.8 Å². The Morgan fingerprint density at radius 3 is 2.89 bits per heavy atom. The number of aryl methyl sites for hydroxylation is 1. The Labute approximate surface area is 105 Å². The van der Waals surface area contributed by atoms with Gasteiger partial charge in [0.05, 0.1) is 12.3 Å². The van der Waals surface area contributed by atoms with Gasteiger partial charge in [0, 0.05) is 5.56 Å². The minimum absolute atomic E-state index is 0.171. The zero-order valence-corrected chi connectivity index (χ0v) is 9.95. The quantitative estimate of drug-likeness (QED) is 0.779. The first-order valence-corrected chi connectivity index (χ1v) is 6.06. The fraction of sp³-hybridized carbons (Fsp3) is 0.200. The molecular weight excluding hydrogens is 229 g/mol. The maximum atomic E-state index is 13.5. The van der Waals surface area contributed by atoms with Crippen LogP contribution in [-0.4, -0.2) is 6.61 Å². The number of ether oxygens (including phenoxy) is 1. The van der Waals surface area contributed by atoms with Crippen LogP contribution in [0.15, 0.2) is 36.4 Å². The first-order valence-electron chi connectivity index (χ1n) is 6.06. The highest BCUT2D eigenvalue weighted by Gasteiger charge is 2.15. The summed E-state index contributed by atoms with van der Waals surface area (Å²) in [7, 11) is 0. The molecule has 0 fully saturated rings. The van der Waals surface area contributed by atoms with E-state index in [0.717, 1.165) is 36.3 Å². The van der Waals surface area contributed by atoms with Gasteiger partial charge in [-0.3, -0.25) is 0 Å². The standard InChI is InChI=1S/C15H14FNO/c16-13-9-11(6-7-14(13)17)12-5-1-3-10-4-2-8-18-15(10)12/h1,3,5-7,9H,2,4,8,17H2. The van der Waals surface area contributed by atoms with Crippen LogP contribution < -0.4 is 10.5 Å². The van der Waals surface area contributed by atoms with Gasteiger partial charge in [0.2, 0.25) is 0 Å². The van der Waals surface area contributed by atoms with Crippen molar-refractivity contribution in [2.75, 3.05) is 12.3 Å². The van der Waals surface area contributed by atoms with Crippen molar-refractivity contribution in [2.24, 2.45) is 0 Å². The molecule has 3 rings (SSSR count). The van der Waals surface area contributed by atoms with Crippen molar-refractivity contribution in [3.63, 3.8) is 0 Å². The number of halogens is 1. The second kappa shape index (κ2) is 4.33. The van der Waals surface area contributed by atoms with Crippen molar-refractivity contribution in [2.45, 2.75) is 12.8 Å². The van der Waals surface area contributed by atoms with E-state index in [-0.39, 0.29) is 11.5 Å². The van der Waals surface area contributed by atoms with Crippen LogP contribution in [0, 0.1) is 5.82 Å². The van der Waals surface area contributed by atoms with Crippen LogP contribution in [0.4, 0.5) is 10.1 Å². The number of benzene rings is 2. The molecule has 0 bridgehead atoms. The summed E-state index contributed by atoms with van der Waals surface area (Å²) in [5.74, 6) is 0.494. The lowest BCUT2D eigenvalue weighted by Gasteiger charge is -2.20. The van der Waals surface area contributed by atoms with Crippen LogP contribution in [0.5, 0.6) is 5.75 Å². The van der Waals surface area contributed by atoms with Gasteiger partial charge >= 0.3 is 0 Å². The van der Waals surface area contributed by atoms with Crippen LogP contribution in [0.3, 0.4) is 0 Å². The predicted molar refractivity (Wildman–Crippen MR) is 70.1 cm³/mol. The van der Waals surface area contributed by atoms with E-state index in [4.69, 9.17) is 10.5 Å². The lowest BCUT2D eigenvalue weighted by atomic mass is 9.97. The molecule has 0 atom stereocenters. The van der Waals surface area contributed by atoms with E-state index >= 15 is 0 Å². The maximum Gasteiger partial charge on any atom is 0.146 e. The molecule has 1 aliphatic rings. The molecule has 2 aromatic rings. The Bertz CT molecular complexity index is 595. The Morgan fingerprint density at radius 2 is 2.06 bits per heavy atom. The topological polar surface area (TPSA) is 35.2 Å². The normalized spacial score (nSPS) is 13.8. The highest BCUT2D eigenvalue weighted by atomic mass is 19.1. The predicted octanol–water partition coefficient (Wildman–Crippen LogP) is 3.40. The van der Waals surface area contributed by atoms with Gasteiger partial charge in [-0.25, -0.2) is 4.39 Å². The van der Waals surface area contributed by atoms with E-state index in [1.807, 2.05) is 18.2 Å². The summed E-state index contributed by atoms with van der Waals surface area (Å²) < 4.78 is 19.3. The number of para-hydroxylation sites is 1. The molecule has 0 aromatic heterocycles.